The maximum Gasteiger partial charge on any atom is 0.179 e. The number of aliphatic carboxylic acids is 1. The van der Waals surface area contributed by atoms with Crippen molar-refractivity contribution in [3.63, 3.8) is 0 Å². The van der Waals surface area contributed by atoms with Crippen LogP contribution in [0.2, 0.25) is 5.02 Å². The van der Waals surface area contributed by atoms with Gasteiger partial charge in [0.2, 0.25) is 0 Å². The van der Waals surface area contributed by atoms with E-state index in [1.807, 2.05) is 0 Å². The summed E-state index contributed by atoms with van der Waals surface area (Å²) < 4.78 is 10.9. The topological polar surface area (TPSA) is 63.0 Å². The summed E-state index contributed by atoms with van der Waals surface area (Å²) in [6, 6.07) is 3.29. The van der Waals surface area contributed by atoms with Crippen molar-refractivity contribution >= 4 is 23.6 Å². The predicted molar refractivity (Wildman–Crippen MR) is 79.8 cm³/mol. The Morgan fingerprint density at radius 3 is 2.71 bits per heavy atom. The summed E-state index contributed by atoms with van der Waals surface area (Å²) in [5.74, 6) is -0.326. The third-order valence-corrected chi connectivity index (χ3v) is 3.01. The molecule has 0 unspecified atom stereocenters. The molecule has 0 heterocycles. The standard InChI is InChI=1S/C15H20ClNO4/c1-17(2)7-4-8-21-15-12(16)9-11(5-6-14(18)19)10-13(15)20-3/h5-6,9-10H,4,7-8H2,1-3H3,(H,18,19)/b6-5-. The van der Waals surface area contributed by atoms with Gasteiger partial charge in [-0.05, 0) is 23.8 Å². The molecule has 0 spiro atoms. The summed E-state index contributed by atoms with van der Waals surface area (Å²) in [6.45, 7) is 1.53. The maximum absolute atomic E-state index is 10.4. The summed E-state index contributed by atoms with van der Waals surface area (Å²) >= 11 is 6.16. The third kappa shape index (κ3) is 6.06. The molecule has 1 rings (SSSR count). The fourth-order valence-electron chi connectivity index (χ4n) is 1.74. The van der Waals surface area contributed by atoms with Gasteiger partial charge in [0, 0.05) is 6.42 Å². The number of carbonyl (C=O) groups is 1. The highest BCUT2D eigenvalue weighted by atomic mass is 35.5. The highest BCUT2D eigenvalue weighted by molar-refractivity contribution is 6.32. The number of rotatable bonds is 8. The second-order valence-electron chi connectivity index (χ2n) is 4.85. The average Bonchev–Trinajstić information content (AvgIpc) is 2.42. The number of carbonyl (C=O) groups excluding carboxylic acids is 1. The van der Waals surface area contributed by atoms with E-state index < -0.39 is 5.97 Å². The quantitative estimate of drug-likeness (QED) is 0.543. The Balaban J connectivity index is 2.82. The summed E-state index contributed by atoms with van der Waals surface area (Å²) in [7, 11) is 5.66. The van der Waals surface area contributed by atoms with E-state index in [0.717, 1.165) is 19.0 Å². The Bertz CT molecular complexity index is 515. The van der Waals surface area contributed by atoms with E-state index >= 15 is 0 Å². The van der Waals surface area contributed by atoms with Crippen LogP contribution in [0.25, 0.3) is 6.08 Å². The fraction of sp³-hybridized carbons (Fsp3) is 0.400. The van der Waals surface area contributed by atoms with Crippen LogP contribution in [-0.4, -0.2) is 40.3 Å². The first kappa shape index (κ1) is 17.3. The van der Waals surface area contributed by atoms with Crippen molar-refractivity contribution in [2.45, 2.75) is 6.42 Å². The van der Waals surface area contributed by atoms with Crippen molar-refractivity contribution in [2.75, 3.05) is 34.4 Å². The number of nitrogens with one attached hydrogen (secondary N) is 1. The van der Waals surface area contributed by atoms with Gasteiger partial charge in [0.15, 0.2) is 11.5 Å². The fourth-order valence-corrected chi connectivity index (χ4v) is 2.01. The van der Waals surface area contributed by atoms with Crippen LogP contribution in [0.15, 0.2) is 18.2 Å². The second-order valence-corrected chi connectivity index (χ2v) is 5.25. The van der Waals surface area contributed by atoms with Crippen molar-refractivity contribution in [2.24, 2.45) is 0 Å². The van der Waals surface area contributed by atoms with Crippen LogP contribution in [0.5, 0.6) is 11.5 Å². The van der Waals surface area contributed by atoms with Gasteiger partial charge in [-0.1, -0.05) is 17.7 Å². The van der Waals surface area contributed by atoms with Crippen LogP contribution in [-0.2, 0) is 4.79 Å². The van der Waals surface area contributed by atoms with Crippen molar-refractivity contribution in [1.82, 2.24) is 0 Å². The molecule has 1 N–H and O–H groups in total. The first-order valence-corrected chi connectivity index (χ1v) is 7.00. The second kappa shape index (κ2) is 8.54. The van der Waals surface area contributed by atoms with Gasteiger partial charge in [-0.2, -0.15) is 0 Å². The van der Waals surface area contributed by atoms with Crippen molar-refractivity contribution in [3.8, 4) is 11.5 Å². The number of carboxylic acids is 1. The number of hydrogen-bond acceptors (Lipinski definition) is 4. The Kier molecular flexibility index (Phi) is 7.05. The van der Waals surface area contributed by atoms with Crippen molar-refractivity contribution in [1.29, 1.82) is 0 Å². The molecular weight excluding hydrogens is 294 g/mol. The molecule has 21 heavy (non-hydrogen) atoms. The predicted octanol–water partition coefficient (Wildman–Crippen LogP) is 0.0251. The van der Waals surface area contributed by atoms with Crippen LogP contribution in [0.4, 0.5) is 0 Å². The largest absolute Gasteiger partial charge is 0.545 e. The van der Waals surface area contributed by atoms with Gasteiger partial charge < -0.3 is 24.3 Å². The van der Waals surface area contributed by atoms with E-state index in [0.29, 0.717) is 28.7 Å². The Labute approximate surface area is 129 Å². The van der Waals surface area contributed by atoms with Gasteiger partial charge in [0.25, 0.3) is 0 Å². The zero-order chi connectivity index (χ0) is 15.8. The molecule has 5 nitrogen and oxygen atoms in total. The van der Waals surface area contributed by atoms with Crippen LogP contribution in [0.3, 0.4) is 0 Å². The Hall–Kier alpha value is -1.72. The molecule has 0 bridgehead atoms. The van der Waals surface area contributed by atoms with Crippen LogP contribution in [0.1, 0.15) is 12.0 Å². The molecule has 0 amide bonds. The summed E-state index contributed by atoms with van der Waals surface area (Å²) in [4.78, 5) is 11.8. The van der Waals surface area contributed by atoms with Crippen molar-refractivity contribution < 1.29 is 24.3 Å². The number of benzene rings is 1. The zero-order valence-corrected chi connectivity index (χ0v) is 13.2. The molecule has 0 aliphatic rings. The minimum absolute atomic E-state index is 0.379. The van der Waals surface area contributed by atoms with Gasteiger partial charge in [0.05, 0.1) is 45.3 Å². The number of quaternary nitrogens is 1. The van der Waals surface area contributed by atoms with E-state index in [2.05, 4.69) is 14.1 Å². The summed E-state index contributed by atoms with van der Waals surface area (Å²) in [5, 5.41) is 10.8. The highest BCUT2D eigenvalue weighted by Gasteiger charge is 2.11. The average molecular weight is 314 g/mol. The summed E-state index contributed by atoms with van der Waals surface area (Å²) in [5.41, 5.74) is 0.603. The van der Waals surface area contributed by atoms with Crippen LogP contribution in [0, 0.1) is 0 Å². The minimum Gasteiger partial charge on any atom is -0.545 e. The smallest absolute Gasteiger partial charge is 0.179 e. The molecule has 116 valence electrons. The van der Waals surface area contributed by atoms with Crippen molar-refractivity contribution in [3.05, 3.63) is 28.8 Å². The van der Waals surface area contributed by atoms with Crippen LogP contribution >= 0.6 is 11.6 Å². The van der Waals surface area contributed by atoms with Gasteiger partial charge >= 0.3 is 0 Å². The molecule has 1 aromatic rings. The van der Waals surface area contributed by atoms with Gasteiger partial charge in [-0.3, -0.25) is 0 Å². The molecule has 0 fully saturated rings. The first-order chi connectivity index (χ1) is 9.93. The molecule has 0 saturated carbocycles. The normalized spacial score (nSPS) is 11.1. The lowest BCUT2D eigenvalue weighted by molar-refractivity contribution is -0.858. The highest BCUT2D eigenvalue weighted by Crippen LogP contribution is 2.36. The maximum atomic E-state index is 10.4. The number of halogens is 1. The third-order valence-electron chi connectivity index (χ3n) is 2.73. The Morgan fingerprint density at radius 1 is 1.43 bits per heavy atom. The monoisotopic (exact) mass is 313 g/mol. The Morgan fingerprint density at radius 2 is 2.14 bits per heavy atom. The number of hydrogen-bond donors (Lipinski definition) is 1. The first-order valence-electron chi connectivity index (χ1n) is 6.62. The van der Waals surface area contributed by atoms with E-state index in [1.165, 1.54) is 18.1 Å². The van der Waals surface area contributed by atoms with Gasteiger partial charge in [-0.25, -0.2) is 0 Å². The van der Waals surface area contributed by atoms with E-state index in [4.69, 9.17) is 21.1 Å². The number of ether oxygens (including phenoxy) is 2. The zero-order valence-electron chi connectivity index (χ0n) is 12.4. The molecule has 6 heteroatoms. The molecule has 0 atom stereocenters. The molecular formula is C15H20ClNO4. The van der Waals surface area contributed by atoms with E-state index in [-0.39, 0.29) is 0 Å². The SMILES string of the molecule is COc1cc(/C=C\C(=O)[O-])cc(Cl)c1OCCC[NH+](C)C. The number of carboxylic acid groups (broad SMARTS) is 1. The number of methoxy groups -OCH3 is 1. The lowest BCUT2D eigenvalue weighted by Crippen LogP contribution is -3.05. The van der Waals surface area contributed by atoms with E-state index in [1.54, 1.807) is 12.1 Å². The minimum atomic E-state index is -1.27. The molecule has 0 aliphatic carbocycles. The molecule has 0 aromatic heterocycles. The molecule has 0 radical (unpaired) electrons. The molecule has 1 aromatic carbocycles. The lowest BCUT2D eigenvalue weighted by atomic mass is 10.2. The van der Waals surface area contributed by atoms with Gasteiger partial charge in [-0.15, -0.1) is 0 Å². The molecule has 0 aliphatic heterocycles. The molecule has 0 saturated heterocycles. The van der Waals surface area contributed by atoms with E-state index in [9.17, 15) is 9.90 Å². The summed E-state index contributed by atoms with van der Waals surface area (Å²) in [6.07, 6.45) is 3.22. The van der Waals surface area contributed by atoms with Gasteiger partial charge in [0.1, 0.15) is 0 Å². The van der Waals surface area contributed by atoms with Crippen LogP contribution < -0.4 is 19.5 Å². The lowest BCUT2D eigenvalue weighted by Gasteiger charge is -2.14.